The van der Waals surface area contributed by atoms with Crippen LogP contribution in [0.5, 0.6) is 0 Å². The van der Waals surface area contributed by atoms with Crippen LogP contribution in [-0.2, 0) is 0 Å². The summed E-state index contributed by atoms with van der Waals surface area (Å²) in [6, 6.07) is 0. The molecule has 2 N–H and O–H groups in total. The molecule has 0 aliphatic heterocycles. The third-order valence-corrected chi connectivity index (χ3v) is 8.47. The van der Waals surface area contributed by atoms with E-state index in [4.69, 9.17) is 6.42 Å². The first kappa shape index (κ1) is 19.4. The number of hydrogen-bond acceptors (Lipinski definition) is 2. The maximum atomic E-state index is 11.0. The fourth-order valence-electron chi connectivity index (χ4n) is 6.89. The molecule has 4 rings (SSSR count). The van der Waals surface area contributed by atoms with Crippen LogP contribution in [0.4, 0.5) is 0 Å². The van der Waals surface area contributed by atoms with Gasteiger partial charge in [-0.15, -0.1) is 6.42 Å². The van der Waals surface area contributed by atoms with E-state index in [0.717, 1.165) is 44.9 Å². The normalized spacial score (nSPS) is 52.9. The first-order chi connectivity index (χ1) is 10.8. The maximum Gasteiger partial charge on any atom is 0.130 e. The minimum absolute atomic E-state index is 0. The van der Waals surface area contributed by atoms with Gasteiger partial charge in [-0.1, -0.05) is 31.4 Å². The number of aliphatic hydroxyl groups is 2. The monoisotopic (exact) mass is 541 g/mol. The minimum Gasteiger partial charge on any atom is -0.393 e. The summed E-state index contributed by atoms with van der Waals surface area (Å²) in [6.07, 6.45) is 16.1. The van der Waals surface area contributed by atoms with E-state index in [9.17, 15) is 10.2 Å². The van der Waals surface area contributed by atoms with E-state index in [1.54, 1.807) is 0 Å². The van der Waals surface area contributed by atoms with Gasteiger partial charge in [0.25, 0.3) is 0 Å². The number of terminal acetylenes is 1. The molecule has 5 unspecified atom stereocenters. The molecule has 0 aromatic rings. The van der Waals surface area contributed by atoms with Gasteiger partial charge in [-0.3, -0.25) is 0 Å². The molecule has 0 aromatic heterocycles. The fraction of sp³-hybridized carbons (Fsp3) is 0.810. The summed E-state index contributed by atoms with van der Waals surface area (Å²) in [5, 5.41) is 21.0. The van der Waals surface area contributed by atoms with E-state index in [-0.39, 0.29) is 61.0 Å². The van der Waals surface area contributed by atoms with Crippen LogP contribution in [0.1, 0.15) is 65.2 Å². The van der Waals surface area contributed by atoms with Crippen molar-refractivity contribution in [3.63, 3.8) is 0 Å². The Kier molecular flexibility index (Phi) is 5.16. The average Bonchev–Trinajstić information content (AvgIpc) is 2.80. The van der Waals surface area contributed by atoms with Gasteiger partial charge in [-0.2, -0.15) is 0 Å². The van der Waals surface area contributed by atoms with Gasteiger partial charge in [0.2, 0.25) is 0 Å². The quantitative estimate of drug-likeness (QED) is 0.363. The van der Waals surface area contributed by atoms with Crippen LogP contribution in [0.25, 0.3) is 0 Å². The molecule has 4 aliphatic rings. The van der Waals surface area contributed by atoms with Crippen molar-refractivity contribution < 1.29 is 54.3 Å². The second kappa shape index (κ2) is 6.37. The molecule has 0 saturated heterocycles. The van der Waals surface area contributed by atoms with Gasteiger partial charge in [0.15, 0.2) is 0 Å². The summed E-state index contributed by atoms with van der Waals surface area (Å²) in [5.41, 5.74) is 0.751. The van der Waals surface area contributed by atoms with Crippen LogP contribution in [-0.4, -0.2) is 21.9 Å². The number of fused-ring (bicyclic) bond motifs is 5. The molecule has 1 radical (unpaired) electrons. The van der Waals surface area contributed by atoms with E-state index in [0.29, 0.717) is 17.8 Å². The summed E-state index contributed by atoms with van der Waals surface area (Å²) in [5.74, 6) is 4.65. The molecule has 3 saturated carbocycles. The Labute approximate surface area is 182 Å². The number of allylic oxidation sites excluding steroid dienone is 1. The Morgan fingerprint density at radius 1 is 1.12 bits per heavy atom. The topological polar surface area (TPSA) is 40.5 Å². The van der Waals surface area contributed by atoms with Crippen molar-refractivity contribution in [1.29, 1.82) is 0 Å². The standard InChI is InChI=1S/C21H30O2.Ac/c1-4-21(23)12-9-18-16-6-5-14-13-15(22)7-10-19(14,2)17(16)8-11-20(18,21)3;/h1,5,15-18,22-23H,6-13H2,2-3H3;/t15?,16?,17?,18?,19-,20-,21?;/m0./s1. The van der Waals surface area contributed by atoms with Gasteiger partial charge >= 0.3 is 0 Å². The molecule has 0 aromatic carbocycles. The van der Waals surface area contributed by atoms with Crippen molar-refractivity contribution in [3.05, 3.63) is 11.6 Å². The van der Waals surface area contributed by atoms with Gasteiger partial charge in [0.05, 0.1) is 6.10 Å². The number of aliphatic hydroxyl groups excluding tert-OH is 1. The van der Waals surface area contributed by atoms with Gasteiger partial charge in [-0.25, -0.2) is 0 Å². The minimum atomic E-state index is -0.906. The molecule has 4 aliphatic carbocycles. The second-order valence-corrected chi connectivity index (χ2v) is 9.16. The Balaban J connectivity index is 0.00000169. The molecule has 0 amide bonds. The Morgan fingerprint density at radius 2 is 1.83 bits per heavy atom. The third-order valence-electron chi connectivity index (χ3n) is 8.47. The largest absolute Gasteiger partial charge is 0.393 e. The molecule has 129 valence electrons. The zero-order valence-electron chi connectivity index (χ0n) is 15.1. The first-order valence-electron chi connectivity index (χ1n) is 9.42. The third kappa shape index (κ3) is 2.47. The average molecular weight is 541 g/mol. The van der Waals surface area contributed by atoms with Crippen molar-refractivity contribution in [2.24, 2.45) is 28.6 Å². The van der Waals surface area contributed by atoms with E-state index in [2.05, 4.69) is 25.8 Å². The molecule has 3 heteroatoms. The molecule has 3 fully saturated rings. The van der Waals surface area contributed by atoms with Crippen LogP contribution in [0.15, 0.2) is 11.6 Å². The van der Waals surface area contributed by atoms with Gasteiger partial charge in [-0.05, 0) is 74.5 Å². The van der Waals surface area contributed by atoms with Crippen molar-refractivity contribution in [2.45, 2.75) is 76.9 Å². The van der Waals surface area contributed by atoms with Crippen molar-refractivity contribution in [2.75, 3.05) is 0 Å². The van der Waals surface area contributed by atoms with Crippen LogP contribution in [0, 0.1) is 85.0 Å². The SMILES string of the molecule is C#CC1(O)CCC2C3CC=C4CC(O)CC[C@]4(C)C3CC[C@@]21C.[Ac]. The predicted octanol–water partition coefficient (Wildman–Crippen LogP) is 3.67. The van der Waals surface area contributed by atoms with E-state index >= 15 is 0 Å². The van der Waals surface area contributed by atoms with Gasteiger partial charge in [0.1, 0.15) is 5.60 Å². The molecular weight excluding hydrogens is 511 g/mol. The summed E-state index contributed by atoms with van der Waals surface area (Å²) >= 11 is 0. The molecule has 7 atom stereocenters. The number of hydrogen-bond donors (Lipinski definition) is 2. The summed E-state index contributed by atoms with van der Waals surface area (Å²) in [4.78, 5) is 0. The van der Waals surface area contributed by atoms with Gasteiger partial charge < -0.3 is 10.2 Å². The zero-order chi connectivity index (χ0) is 16.5. The molecule has 0 bridgehead atoms. The summed E-state index contributed by atoms with van der Waals surface area (Å²) < 4.78 is 0. The van der Waals surface area contributed by atoms with E-state index in [1.165, 1.54) is 12.0 Å². The molecule has 0 heterocycles. The first-order valence-corrected chi connectivity index (χ1v) is 9.42. The van der Waals surface area contributed by atoms with Crippen LogP contribution in [0.3, 0.4) is 0 Å². The van der Waals surface area contributed by atoms with Crippen molar-refractivity contribution in [1.82, 2.24) is 0 Å². The molecule has 24 heavy (non-hydrogen) atoms. The summed E-state index contributed by atoms with van der Waals surface area (Å²) in [7, 11) is 0. The van der Waals surface area contributed by atoms with Crippen LogP contribution >= 0.6 is 0 Å². The van der Waals surface area contributed by atoms with E-state index in [1.807, 2.05) is 0 Å². The Hall–Kier alpha value is 0.662. The Bertz CT molecular complexity index is 593. The zero-order valence-corrected chi connectivity index (χ0v) is 19.8. The smallest absolute Gasteiger partial charge is 0.130 e. The maximum absolute atomic E-state index is 11.0. The summed E-state index contributed by atoms with van der Waals surface area (Å²) in [6.45, 7) is 4.68. The van der Waals surface area contributed by atoms with Crippen LogP contribution < -0.4 is 0 Å². The fourth-order valence-corrected chi connectivity index (χ4v) is 6.89. The van der Waals surface area contributed by atoms with Crippen molar-refractivity contribution in [3.8, 4) is 12.3 Å². The second-order valence-electron chi connectivity index (χ2n) is 9.16. The molecular formula is C21H30AcO2. The molecule has 0 spiro atoms. The van der Waals surface area contributed by atoms with Gasteiger partial charge in [0, 0.05) is 49.5 Å². The molecule has 2 nitrogen and oxygen atoms in total. The van der Waals surface area contributed by atoms with Crippen molar-refractivity contribution >= 4 is 0 Å². The van der Waals surface area contributed by atoms with Crippen LogP contribution in [0.2, 0.25) is 0 Å². The van der Waals surface area contributed by atoms with E-state index < -0.39 is 5.60 Å². The predicted molar refractivity (Wildman–Crippen MR) is 91.5 cm³/mol. The Morgan fingerprint density at radius 3 is 2.54 bits per heavy atom. The number of rotatable bonds is 0.